The van der Waals surface area contributed by atoms with Gasteiger partial charge < -0.3 is 14.9 Å². The van der Waals surface area contributed by atoms with E-state index in [0.29, 0.717) is 23.0 Å². The van der Waals surface area contributed by atoms with E-state index >= 15 is 0 Å². The zero-order valence-corrected chi connectivity index (χ0v) is 17.8. The second-order valence-electron chi connectivity index (χ2n) is 6.47. The Bertz CT molecular complexity index is 1010. The maximum Gasteiger partial charge on any atom is 0.262 e. The lowest BCUT2D eigenvalue weighted by atomic mass is 10.1. The summed E-state index contributed by atoms with van der Waals surface area (Å²) in [5, 5.41) is 19.1. The molecule has 30 heavy (non-hydrogen) atoms. The molecule has 1 unspecified atom stereocenters. The number of hydrogen-bond acceptors (Lipinski definition) is 8. The second kappa shape index (κ2) is 10.4. The summed E-state index contributed by atoms with van der Waals surface area (Å²) in [5.41, 5.74) is 2.05. The van der Waals surface area contributed by atoms with E-state index in [4.69, 9.17) is 21.8 Å². The zero-order chi connectivity index (χ0) is 21.3. The fourth-order valence-corrected chi connectivity index (χ4v) is 2.71. The lowest BCUT2D eigenvalue weighted by Crippen LogP contribution is -2.20. The second-order valence-corrected chi connectivity index (χ2v) is 6.84. The van der Waals surface area contributed by atoms with Crippen molar-refractivity contribution in [1.82, 2.24) is 25.2 Å². The van der Waals surface area contributed by atoms with Crippen LogP contribution in [0.4, 0.5) is 5.82 Å². The van der Waals surface area contributed by atoms with Gasteiger partial charge in [-0.2, -0.15) is 0 Å². The largest absolute Gasteiger partial charge is 0.468 e. The molecule has 3 aromatic rings. The smallest absolute Gasteiger partial charge is 0.262 e. The van der Waals surface area contributed by atoms with Gasteiger partial charge in [-0.1, -0.05) is 48.5 Å². The maximum absolute atomic E-state index is 5.58. The third-order valence-corrected chi connectivity index (χ3v) is 4.37. The van der Waals surface area contributed by atoms with Crippen LogP contribution in [0.15, 0.2) is 53.7 Å². The Balaban J connectivity index is 1.70. The first-order valence-electron chi connectivity index (χ1n) is 9.48. The van der Waals surface area contributed by atoms with Crippen LogP contribution in [0, 0.1) is 0 Å². The van der Waals surface area contributed by atoms with Crippen molar-refractivity contribution in [3.8, 4) is 0 Å². The number of thiocarbonyl (C=S) groups is 1. The zero-order valence-electron chi connectivity index (χ0n) is 17.0. The molecule has 2 heterocycles. The number of nitrogens with one attached hydrogen (secondary N) is 1. The fourth-order valence-electron chi connectivity index (χ4n) is 2.44. The number of aryl methyl sites for hydroxylation is 1. The van der Waals surface area contributed by atoms with E-state index in [1.165, 1.54) is 4.68 Å². The third kappa shape index (κ3) is 5.80. The Morgan fingerprint density at radius 3 is 2.70 bits per heavy atom. The molecule has 0 saturated carbocycles. The molecule has 2 aromatic heterocycles. The third-order valence-electron chi connectivity index (χ3n) is 4.17. The van der Waals surface area contributed by atoms with Crippen LogP contribution in [0.2, 0.25) is 0 Å². The quantitative estimate of drug-likeness (QED) is 0.334. The molecule has 9 nitrogen and oxygen atoms in total. The van der Waals surface area contributed by atoms with Crippen LogP contribution < -0.4 is 5.32 Å². The molecule has 1 atom stereocenters. The number of nitrogens with zero attached hydrogens (tertiary/aromatic N) is 6. The van der Waals surface area contributed by atoms with E-state index in [1.807, 2.05) is 56.3 Å². The highest BCUT2D eigenvalue weighted by Crippen LogP contribution is 2.11. The van der Waals surface area contributed by atoms with Crippen LogP contribution in [-0.4, -0.2) is 42.2 Å². The van der Waals surface area contributed by atoms with Gasteiger partial charge in [-0.25, -0.2) is 9.67 Å². The number of oxime groups is 1. The SMILES string of the molecule is CCC(C)OC(=S)Nc1cccc(CON=C(c2ccccc2)c2nnnn2C)n1. The van der Waals surface area contributed by atoms with E-state index in [2.05, 4.69) is 31.0 Å². The molecule has 156 valence electrons. The summed E-state index contributed by atoms with van der Waals surface area (Å²) in [6.07, 6.45) is 0.906. The topological polar surface area (TPSA) is 99.3 Å². The number of pyridine rings is 1. The van der Waals surface area contributed by atoms with Gasteiger partial charge in [0, 0.05) is 12.6 Å². The van der Waals surface area contributed by atoms with Crippen molar-refractivity contribution in [1.29, 1.82) is 0 Å². The predicted molar refractivity (Wildman–Crippen MR) is 117 cm³/mol. The predicted octanol–water partition coefficient (Wildman–Crippen LogP) is 3.09. The van der Waals surface area contributed by atoms with Gasteiger partial charge in [-0.05, 0) is 48.1 Å². The summed E-state index contributed by atoms with van der Waals surface area (Å²) in [6, 6.07) is 15.1. The average molecular weight is 426 g/mol. The summed E-state index contributed by atoms with van der Waals surface area (Å²) in [4.78, 5) is 10.1. The van der Waals surface area contributed by atoms with Crippen LogP contribution in [0.3, 0.4) is 0 Å². The monoisotopic (exact) mass is 425 g/mol. The molecule has 0 aliphatic carbocycles. The average Bonchev–Trinajstić information content (AvgIpc) is 3.17. The molecule has 0 aliphatic heterocycles. The summed E-state index contributed by atoms with van der Waals surface area (Å²) >= 11 is 5.21. The Hall–Kier alpha value is -3.40. The van der Waals surface area contributed by atoms with Crippen molar-refractivity contribution >= 4 is 28.9 Å². The van der Waals surface area contributed by atoms with E-state index in [1.54, 1.807) is 13.1 Å². The van der Waals surface area contributed by atoms with Crippen molar-refractivity contribution < 1.29 is 9.57 Å². The van der Waals surface area contributed by atoms with Gasteiger partial charge in [0.2, 0.25) is 5.82 Å². The minimum absolute atomic E-state index is 0.0392. The molecule has 1 aromatic carbocycles. The normalized spacial score (nSPS) is 12.3. The van der Waals surface area contributed by atoms with Gasteiger partial charge in [-0.15, -0.1) is 5.10 Å². The van der Waals surface area contributed by atoms with E-state index < -0.39 is 0 Å². The Morgan fingerprint density at radius 1 is 1.20 bits per heavy atom. The Morgan fingerprint density at radius 2 is 2.00 bits per heavy atom. The van der Waals surface area contributed by atoms with Gasteiger partial charge in [0.05, 0.1) is 11.8 Å². The molecular weight excluding hydrogens is 402 g/mol. The van der Waals surface area contributed by atoms with Gasteiger partial charge >= 0.3 is 0 Å². The minimum atomic E-state index is 0.0392. The first kappa shape index (κ1) is 21.3. The highest BCUT2D eigenvalue weighted by Gasteiger charge is 2.15. The first-order chi connectivity index (χ1) is 14.6. The number of ether oxygens (including phenoxy) is 1. The highest BCUT2D eigenvalue weighted by atomic mass is 32.1. The maximum atomic E-state index is 5.58. The number of benzene rings is 1. The Kier molecular flexibility index (Phi) is 7.39. The summed E-state index contributed by atoms with van der Waals surface area (Å²) in [6.45, 7) is 4.15. The summed E-state index contributed by atoms with van der Waals surface area (Å²) in [5.74, 6) is 1.08. The summed E-state index contributed by atoms with van der Waals surface area (Å²) in [7, 11) is 1.74. The molecule has 0 bridgehead atoms. The standard InChI is InChI=1S/C20H23N7O2S/c1-4-14(2)29-20(30)22-17-12-8-11-16(21-17)13-28-24-18(15-9-6-5-7-10-15)19-23-25-26-27(19)3/h5-12,14H,4,13H2,1-3H3,(H,21,22,30). The molecule has 10 heteroatoms. The molecule has 3 rings (SSSR count). The van der Waals surface area contributed by atoms with Crippen LogP contribution in [0.5, 0.6) is 0 Å². The van der Waals surface area contributed by atoms with Crippen LogP contribution in [0.25, 0.3) is 0 Å². The van der Waals surface area contributed by atoms with Crippen molar-refractivity contribution in [2.45, 2.75) is 33.0 Å². The van der Waals surface area contributed by atoms with Crippen LogP contribution in [-0.2, 0) is 23.2 Å². The number of rotatable bonds is 8. The van der Waals surface area contributed by atoms with Crippen molar-refractivity contribution in [3.05, 3.63) is 65.6 Å². The van der Waals surface area contributed by atoms with Gasteiger partial charge in [0.15, 0.2) is 12.3 Å². The number of aromatic nitrogens is 5. The first-order valence-corrected chi connectivity index (χ1v) is 9.89. The molecular formula is C20H23N7O2S. The minimum Gasteiger partial charge on any atom is -0.468 e. The molecule has 0 fully saturated rings. The molecule has 0 amide bonds. The van der Waals surface area contributed by atoms with Crippen molar-refractivity contribution in [2.24, 2.45) is 12.2 Å². The lowest BCUT2D eigenvalue weighted by Gasteiger charge is -2.14. The van der Waals surface area contributed by atoms with E-state index in [-0.39, 0.29) is 17.9 Å². The molecule has 0 spiro atoms. The van der Waals surface area contributed by atoms with E-state index in [0.717, 1.165) is 12.0 Å². The molecule has 1 N–H and O–H groups in total. The number of hydrogen-bond donors (Lipinski definition) is 1. The number of anilines is 1. The Labute approximate surface area is 180 Å². The lowest BCUT2D eigenvalue weighted by molar-refractivity contribution is 0.128. The summed E-state index contributed by atoms with van der Waals surface area (Å²) < 4.78 is 7.10. The molecule has 0 saturated heterocycles. The van der Waals surface area contributed by atoms with Gasteiger partial charge in [-0.3, -0.25) is 0 Å². The van der Waals surface area contributed by atoms with Gasteiger partial charge in [0.1, 0.15) is 5.82 Å². The number of tetrazole rings is 1. The molecule has 0 aliphatic rings. The van der Waals surface area contributed by atoms with Crippen LogP contribution >= 0.6 is 12.2 Å². The van der Waals surface area contributed by atoms with Crippen molar-refractivity contribution in [3.63, 3.8) is 0 Å². The van der Waals surface area contributed by atoms with E-state index in [9.17, 15) is 0 Å². The van der Waals surface area contributed by atoms with Crippen LogP contribution in [0.1, 0.15) is 37.4 Å². The van der Waals surface area contributed by atoms with Gasteiger partial charge in [0.25, 0.3) is 5.17 Å². The highest BCUT2D eigenvalue weighted by molar-refractivity contribution is 7.80. The molecule has 0 radical (unpaired) electrons. The fraction of sp³-hybridized carbons (Fsp3) is 0.300. The van der Waals surface area contributed by atoms with Crippen molar-refractivity contribution in [2.75, 3.05) is 5.32 Å².